The van der Waals surface area contributed by atoms with Crippen LogP contribution < -0.4 is 14.4 Å². The molecule has 3 rings (SSSR count). The van der Waals surface area contributed by atoms with E-state index in [1.807, 2.05) is 20.8 Å². The summed E-state index contributed by atoms with van der Waals surface area (Å²) in [6.07, 6.45) is 0.773. The van der Waals surface area contributed by atoms with Crippen LogP contribution in [0.1, 0.15) is 27.2 Å². The molecule has 1 aliphatic rings. The van der Waals surface area contributed by atoms with E-state index in [2.05, 4.69) is 4.72 Å². The fourth-order valence-electron chi connectivity index (χ4n) is 3.00. The summed E-state index contributed by atoms with van der Waals surface area (Å²) in [6.45, 7) is 6.33. The molecule has 0 saturated heterocycles. The number of hydrogen-bond acceptors (Lipinski definition) is 4. The van der Waals surface area contributed by atoms with Gasteiger partial charge in [-0.25, -0.2) is 12.8 Å². The van der Waals surface area contributed by atoms with Gasteiger partial charge in [-0.2, -0.15) is 0 Å². The lowest BCUT2D eigenvalue weighted by Crippen LogP contribution is -2.42. The van der Waals surface area contributed by atoms with Gasteiger partial charge in [-0.15, -0.1) is 0 Å². The van der Waals surface area contributed by atoms with Crippen LogP contribution in [0, 0.1) is 11.2 Å². The molecule has 8 heteroatoms. The van der Waals surface area contributed by atoms with E-state index in [4.69, 9.17) is 4.74 Å². The van der Waals surface area contributed by atoms with Gasteiger partial charge in [0.1, 0.15) is 18.2 Å². The van der Waals surface area contributed by atoms with E-state index in [1.54, 1.807) is 23.1 Å². The van der Waals surface area contributed by atoms with Crippen LogP contribution in [0.25, 0.3) is 0 Å². The number of halogens is 1. The van der Waals surface area contributed by atoms with E-state index in [0.717, 1.165) is 12.5 Å². The van der Waals surface area contributed by atoms with Crippen molar-refractivity contribution in [1.29, 1.82) is 0 Å². The number of ether oxygens (including phenoxy) is 1. The summed E-state index contributed by atoms with van der Waals surface area (Å²) in [5, 5.41) is 0. The van der Waals surface area contributed by atoms with Crippen LogP contribution in [0.2, 0.25) is 0 Å². The molecule has 0 atom stereocenters. The highest BCUT2D eigenvalue weighted by atomic mass is 32.2. The number of hydrogen-bond donors (Lipinski definition) is 1. The Bertz CT molecular complexity index is 1010. The van der Waals surface area contributed by atoms with Gasteiger partial charge in [0.2, 0.25) is 5.91 Å². The van der Waals surface area contributed by atoms with Crippen LogP contribution in [0.15, 0.2) is 47.4 Å². The van der Waals surface area contributed by atoms with Gasteiger partial charge >= 0.3 is 0 Å². The van der Waals surface area contributed by atoms with Crippen LogP contribution in [-0.4, -0.2) is 27.5 Å². The number of carbonyl (C=O) groups is 1. The Morgan fingerprint density at radius 3 is 2.64 bits per heavy atom. The Hall–Kier alpha value is -2.61. The van der Waals surface area contributed by atoms with Gasteiger partial charge in [0.05, 0.1) is 21.7 Å². The molecule has 0 fully saturated rings. The maximum atomic E-state index is 13.4. The second kappa shape index (κ2) is 7.43. The van der Waals surface area contributed by atoms with Crippen molar-refractivity contribution in [2.75, 3.05) is 22.8 Å². The Balaban J connectivity index is 1.95. The molecule has 0 aliphatic carbocycles. The molecule has 1 amide bonds. The minimum atomic E-state index is -3.95. The van der Waals surface area contributed by atoms with E-state index in [-0.39, 0.29) is 23.1 Å². The summed E-state index contributed by atoms with van der Waals surface area (Å²) in [7, 11) is -3.95. The van der Waals surface area contributed by atoms with E-state index in [9.17, 15) is 17.6 Å². The molecule has 1 aliphatic heterocycles. The summed E-state index contributed by atoms with van der Waals surface area (Å²) in [6, 6.07) is 9.54. The van der Waals surface area contributed by atoms with Gasteiger partial charge in [-0.3, -0.25) is 9.52 Å². The third kappa shape index (κ3) is 3.96. The summed E-state index contributed by atoms with van der Waals surface area (Å²) in [5.74, 6) is -0.253. The number of sulfonamides is 1. The first-order valence-corrected chi connectivity index (χ1v) is 10.5. The zero-order valence-corrected chi connectivity index (χ0v) is 16.8. The number of nitrogens with zero attached hydrogens (tertiary/aromatic N) is 1. The fraction of sp³-hybridized carbons (Fsp3) is 0.350. The molecule has 0 radical (unpaired) electrons. The normalized spacial score (nSPS) is 16.1. The Morgan fingerprint density at radius 1 is 1.21 bits per heavy atom. The molecule has 2 aromatic carbocycles. The molecule has 0 unspecified atom stereocenters. The molecule has 28 heavy (non-hydrogen) atoms. The Labute approximate surface area is 164 Å². The molecule has 1 heterocycles. The summed E-state index contributed by atoms with van der Waals surface area (Å²) in [4.78, 5) is 14.3. The largest absolute Gasteiger partial charge is 0.490 e. The molecule has 0 spiro atoms. The van der Waals surface area contributed by atoms with Gasteiger partial charge in [-0.1, -0.05) is 13.0 Å². The lowest BCUT2D eigenvalue weighted by Gasteiger charge is -2.27. The van der Waals surface area contributed by atoms with Crippen LogP contribution in [0.4, 0.5) is 15.8 Å². The maximum absolute atomic E-state index is 13.4. The standard InChI is InChI=1S/C20H23FN2O4S/c1-4-10-23-17-9-8-15(12-18(17)27-13-20(2,3)19(23)24)22-28(25,26)16-7-5-6-14(21)11-16/h5-9,11-12,22H,4,10,13H2,1-3H3. The van der Waals surface area contributed by atoms with E-state index < -0.39 is 21.3 Å². The Kier molecular flexibility index (Phi) is 5.34. The minimum absolute atomic E-state index is 0.0406. The molecule has 6 nitrogen and oxygen atoms in total. The van der Waals surface area contributed by atoms with Crippen molar-refractivity contribution in [3.05, 3.63) is 48.3 Å². The van der Waals surface area contributed by atoms with Crippen molar-refractivity contribution in [3.63, 3.8) is 0 Å². The second-order valence-corrected chi connectivity index (χ2v) is 9.06. The predicted octanol–water partition coefficient (Wildman–Crippen LogP) is 3.79. The summed E-state index contributed by atoms with van der Waals surface area (Å²) >= 11 is 0. The predicted molar refractivity (Wildman–Crippen MR) is 106 cm³/mol. The molecule has 0 aromatic heterocycles. The third-order valence-corrected chi connectivity index (χ3v) is 5.85. The number of rotatable bonds is 5. The van der Waals surface area contributed by atoms with Gasteiger partial charge in [0.15, 0.2) is 0 Å². The zero-order chi connectivity index (χ0) is 20.5. The lowest BCUT2D eigenvalue weighted by molar-refractivity contribution is -0.127. The van der Waals surface area contributed by atoms with Crippen molar-refractivity contribution in [1.82, 2.24) is 0 Å². The van der Waals surface area contributed by atoms with Crippen molar-refractivity contribution in [2.24, 2.45) is 5.41 Å². The van der Waals surface area contributed by atoms with Crippen LogP contribution >= 0.6 is 0 Å². The van der Waals surface area contributed by atoms with Gasteiger partial charge in [0.25, 0.3) is 10.0 Å². The van der Waals surface area contributed by atoms with Gasteiger partial charge in [-0.05, 0) is 50.6 Å². The number of fused-ring (bicyclic) bond motifs is 1. The minimum Gasteiger partial charge on any atom is -0.490 e. The second-order valence-electron chi connectivity index (χ2n) is 7.37. The maximum Gasteiger partial charge on any atom is 0.261 e. The number of benzene rings is 2. The van der Waals surface area contributed by atoms with Crippen LogP contribution in [0.3, 0.4) is 0 Å². The molecule has 0 saturated carbocycles. The lowest BCUT2D eigenvalue weighted by atomic mass is 9.93. The monoisotopic (exact) mass is 406 g/mol. The average molecular weight is 406 g/mol. The molecule has 0 bridgehead atoms. The first kappa shape index (κ1) is 20.1. The van der Waals surface area contributed by atoms with Crippen LogP contribution in [-0.2, 0) is 14.8 Å². The van der Waals surface area contributed by atoms with Crippen molar-refractivity contribution < 1.29 is 22.3 Å². The molecular weight excluding hydrogens is 383 g/mol. The highest BCUT2D eigenvalue weighted by Crippen LogP contribution is 2.38. The van der Waals surface area contributed by atoms with Crippen molar-refractivity contribution >= 4 is 27.3 Å². The van der Waals surface area contributed by atoms with Gasteiger partial charge in [0, 0.05) is 12.6 Å². The smallest absolute Gasteiger partial charge is 0.261 e. The van der Waals surface area contributed by atoms with Crippen molar-refractivity contribution in [3.8, 4) is 5.75 Å². The molecule has 2 aromatic rings. The van der Waals surface area contributed by atoms with Crippen molar-refractivity contribution in [2.45, 2.75) is 32.1 Å². The topological polar surface area (TPSA) is 75.7 Å². The first-order chi connectivity index (χ1) is 13.1. The van der Waals surface area contributed by atoms with E-state index >= 15 is 0 Å². The number of anilines is 2. The molecular formula is C20H23FN2O4S. The average Bonchev–Trinajstić information content (AvgIpc) is 2.72. The van der Waals surface area contributed by atoms with Crippen LogP contribution in [0.5, 0.6) is 5.75 Å². The number of amides is 1. The number of nitrogens with one attached hydrogen (secondary N) is 1. The summed E-state index contributed by atoms with van der Waals surface area (Å²) < 4.78 is 46.7. The fourth-order valence-corrected chi connectivity index (χ4v) is 4.09. The third-order valence-electron chi connectivity index (χ3n) is 4.47. The first-order valence-electron chi connectivity index (χ1n) is 9.01. The SMILES string of the molecule is CCCN1C(=O)C(C)(C)COc2cc(NS(=O)(=O)c3cccc(F)c3)ccc21. The number of carbonyl (C=O) groups excluding carboxylic acids is 1. The molecule has 150 valence electrons. The summed E-state index contributed by atoms with van der Waals surface area (Å²) in [5.41, 5.74) is 0.174. The zero-order valence-electron chi connectivity index (χ0n) is 16.0. The Morgan fingerprint density at radius 2 is 1.96 bits per heavy atom. The van der Waals surface area contributed by atoms with E-state index in [0.29, 0.717) is 18.0 Å². The van der Waals surface area contributed by atoms with E-state index in [1.165, 1.54) is 18.2 Å². The van der Waals surface area contributed by atoms with Gasteiger partial charge < -0.3 is 9.64 Å². The molecule has 1 N–H and O–H groups in total. The quantitative estimate of drug-likeness (QED) is 0.820. The highest BCUT2D eigenvalue weighted by Gasteiger charge is 2.37. The highest BCUT2D eigenvalue weighted by molar-refractivity contribution is 7.92.